The van der Waals surface area contributed by atoms with Crippen LogP contribution in [0.5, 0.6) is 0 Å². The monoisotopic (exact) mass is 314 g/mol. The van der Waals surface area contributed by atoms with E-state index in [0.29, 0.717) is 0 Å². The molecule has 0 aliphatic heterocycles. The predicted octanol–water partition coefficient (Wildman–Crippen LogP) is 3.43. The van der Waals surface area contributed by atoms with Crippen LogP contribution in [0.25, 0.3) is 21.3 Å². The minimum absolute atomic E-state index is 0.728. The second kappa shape index (κ2) is 4.97. The molecule has 4 rings (SSSR count). The van der Waals surface area contributed by atoms with Gasteiger partial charge in [0.05, 0.1) is 11.7 Å². The second-order valence-corrected chi connectivity index (χ2v) is 6.41. The zero-order valence-corrected chi connectivity index (χ0v) is 12.6. The molecule has 2 N–H and O–H groups in total. The van der Waals surface area contributed by atoms with Crippen molar-refractivity contribution in [1.82, 2.24) is 25.1 Å². The first-order valence-electron chi connectivity index (χ1n) is 6.19. The van der Waals surface area contributed by atoms with Gasteiger partial charge >= 0.3 is 0 Å². The molecule has 0 fully saturated rings. The number of rotatable bonds is 3. The van der Waals surface area contributed by atoms with Crippen LogP contribution >= 0.6 is 23.1 Å². The summed E-state index contributed by atoms with van der Waals surface area (Å²) in [5, 5.41) is 11.4. The summed E-state index contributed by atoms with van der Waals surface area (Å²) in [4.78, 5) is 13.0. The molecule has 0 unspecified atom stereocenters. The van der Waals surface area contributed by atoms with Gasteiger partial charge in [-0.15, -0.1) is 11.3 Å². The zero-order chi connectivity index (χ0) is 14.2. The number of nitrogens with one attached hydrogen (secondary N) is 2. The van der Waals surface area contributed by atoms with Gasteiger partial charge < -0.3 is 5.32 Å². The van der Waals surface area contributed by atoms with Crippen molar-refractivity contribution in [3.05, 3.63) is 30.7 Å². The van der Waals surface area contributed by atoms with Crippen LogP contribution < -0.4 is 5.32 Å². The largest absolute Gasteiger partial charge is 0.339 e. The molecule has 3 heterocycles. The van der Waals surface area contributed by atoms with Gasteiger partial charge in [0, 0.05) is 11.1 Å². The summed E-state index contributed by atoms with van der Waals surface area (Å²) >= 11 is 3.21. The number of anilines is 2. The van der Waals surface area contributed by atoms with Crippen molar-refractivity contribution in [2.75, 3.05) is 11.6 Å². The standard InChI is InChI=1S/C13H10N6S2/c1-20-13-18-12-10(21-13)11(14-6-15-12)17-8-2-3-9-7(4-8)5-16-19-9/h2-6H,1H3,(H,16,19)(H,14,15,17). The van der Waals surface area contributed by atoms with E-state index in [4.69, 9.17) is 0 Å². The second-order valence-electron chi connectivity index (χ2n) is 4.36. The Bertz CT molecular complexity index is 929. The summed E-state index contributed by atoms with van der Waals surface area (Å²) in [6.45, 7) is 0. The van der Waals surface area contributed by atoms with E-state index in [9.17, 15) is 0 Å². The van der Waals surface area contributed by atoms with Gasteiger partial charge in [-0.2, -0.15) is 5.10 Å². The van der Waals surface area contributed by atoms with Gasteiger partial charge in [0.2, 0.25) is 0 Å². The van der Waals surface area contributed by atoms with Crippen molar-refractivity contribution in [3.63, 3.8) is 0 Å². The molecule has 0 bridgehead atoms. The van der Waals surface area contributed by atoms with E-state index in [1.807, 2.05) is 24.5 Å². The number of hydrogen-bond donors (Lipinski definition) is 2. The first-order chi connectivity index (χ1) is 10.3. The van der Waals surface area contributed by atoms with E-state index in [0.717, 1.165) is 37.1 Å². The minimum atomic E-state index is 0.728. The van der Waals surface area contributed by atoms with Crippen molar-refractivity contribution in [2.24, 2.45) is 0 Å². The number of aromatic amines is 1. The third kappa shape index (κ3) is 2.22. The molecule has 21 heavy (non-hydrogen) atoms. The Morgan fingerprint density at radius 2 is 2.24 bits per heavy atom. The van der Waals surface area contributed by atoms with Crippen LogP contribution in [-0.2, 0) is 0 Å². The van der Waals surface area contributed by atoms with E-state index in [1.165, 1.54) is 6.33 Å². The molecule has 0 spiro atoms. The van der Waals surface area contributed by atoms with Gasteiger partial charge in [-0.05, 0) is 24.5 Å². The molecule has 104 valence electrons. The van der Waals surface area contributed by atoms with Gasteiger partial charge in [0.1, 0.15) is 11.0 Å². The van der Waals surface area contributed by atoms with Crippen LogP contribution in [0.4, 0.5) is 11.5 Å². The predicted molar refractivity (Wildman–Crippen MR) is 86.4 cm³/mol. The molecule has 6 nitrogen and oxygen atoms in total. The van der Waals surface area contributed by atoms with Crippen LogP contribution in [0.2, 0.25) is 0 Å². The van der Waals surface area contributed by atoms with Gasteiger partial charge in [-0.1, -0.05) is 11.8 Å². The summed E-state index contributed by atoms with van der Waals surface area (Å²) in [5.41, 5.74) is 2.70. The van der Waals surface area contributed by atoms with E-state index in [2.05, 4.69) is 30.5 Å². The highest BCUT2D eigenvalue weighted by Crippen LogP contribution is 2.32. The maximum absolute atomic E-state index is 4.45. The Morgan fingerprint density at radius 3 is 3.14 bits per heavy atom. The van der Waals surface area contributed by atoms with E-state index in [-0.39, 0.29) is 0 Å². The number of nitrogens with zero attached hydrogens (tertiary/aromatic N) is 4. The summed E-state index contributed by atoms with van der Waals surface area (Å²) in [5.74, 6) is 0.778. The van der Waals surface area contributed by atoms with Gasteiger partial charge in [0.15, 0.2) is 15.8 Å². The summed E-state index contributed by atoms with van der Waals surface area (Å²) in [6.07, 6.45) is 5.34. The number of benzene rings is 1. The normalized spacial score (nSPS) is 11.3. The van der Waals surface area contributed by atoms with Gasteiger partial charge in [-0.3, -0.25) is 5.10 Å². The number of thioether (sulfide) groups is 1. The molecule has 0 atom stereocenters. The molecule has 4 aromatic rings. The summed E-state index contributed by atoms with van der Waals surface area (Å²) < 4.78 is 1.95. The molecule has 0 amide bonds. The molecule has 0 saturated carbocycles. The number of hydrogen-bond acceptors (Lipinski definition) is 7. The lowest BCUT2D eigenvalue weighted by Gasteiger charge is -2.05. The lowest BCUT2D eigenvalue weighted by molar-refractivity contribution is 1.12. The lowest BCUT2D eigenvalue weighted by atomic mass is 10.2. The number of H-pyrrole nitrogens is 1. The fraction of sp³-hybridized carbons (Fsp3) is 0.0769. The third-order valence-electron chi connectivity index (χ3n) is 3.05. The van der Waals surface area contributed by atoms with Crippen molar-refractivity contribution in [3.8, 4) is 0 Å². The SMILES string of the molecule is CSc1nc2ncnc(Nc3ccc4[nH]ncc4c3)c2s1. The Kier molecular flexibility index (Phi) is 2.97. The van der Waals surface area contributed by atoms with E-state index in [1.54, 1.807) is 29.3 Å². The molecule has 0 radical (unpaired) electrons. The highest BCUT2D eigenvalue weighted by molar-refractivity contribution is 8.00. The smallest absolute Gasteiger partial charge is 0.176 e. The molecular weight excluding hydrogens is 304 g/mol. The zero-order valence-electron chi connectivity index (χ0n) is 11.0. The van der Waals surface area contributed by atoms with Gasteiger partial charge in [0.25, 0.3) is 0 Å². The average molecular weight is 314 g/mol. The minimum Gasteiger partial charge on any atom is -0.339 e. The Balaban J connectivity index is 1.77. The highest BCUT2D eigenvalue weighted by atomic mass is 32.2. The molecule has 0 saturated heterocycles. The summed E-state index contributed by atoms with van der Waals surface area (Å²) in [6, 6.07) is 6.01. The van der Waals surface area contributed by atoms with Crippen molar-refractivity contribution in [1.29, 1.82) is 0 Å². The fourth-order valence-corrected chi connectivity index (χ4v) is 3.53. The first-order valence-corrected chi connectivity index (χ1v) is 8.23. The Labute approximate surface area is 128 Å². The molecule has 3 aromatic heterocycles. The van der Waals surface area contributed by atoms with E-state index < -0.39 is 0 Å². The first kappa shape index (κ1) is 12.5. The van der Waals surface area contributed by atoms with Crippen molar-refractivity contribution in [2.45, 2.75) is 4.34 Å². The lowest BCUT2D eigenvalue weighted by Crippen LogP contribution is -1.94. The fourth-order valence-electron chi connectivity index (χ4n) is 2.07. The van der Waals surface area contributed by atoms with E-state index >= 15 is 0 Å². The Morgan fingerprint density at radius 1 is 1.29 bits per heavy atom. The third-order valence-corrected chi connectivity index (χ3v) is 5.09. The number of fused-ring (bicyclic) bond motifs is 2. The molecule has 8 heteroatoms. The molecule has 1 aromatic carbocycles. The maximum Gasteiger partial charge on any atom is 0.176 e. The Hall–Kier alpha value is -2.19. The average Bonchev–Trinajstić information content (AvgIpc) is 3.13. The quantitative estimate of drug-likeness (QED) is 0.564. The van der Waals surface area contributed by atoms with Gasteiger partial charge in [-0.25, -0.2) is 15.0 Å². The molecule has 0 aliphatic rings. The summed E-state index contributed by atoms with van der Waals surface area (Å²) in [7, 11) is 0. The molecular formula is C13H10N6S2. The van der Waals surface area contributed by atoms with Crippen LogP contribution in [0, 0.1) is 0 Å². The van der Waals surface area contributed by atoms with Crippen LogP contribution in [0.3, 0.4) is 0 Å². The topological polar surface area (TPSA) is 79.4 Å². The van der Waals surface area contributed by atoms with Crippen molar-refractivity contribution < 1.29 is 0 Å². The van der Waals surface area contributed by atoms with Crippen LogP contribution in [0.15, 0.2) is 35.1 Å². The highest BCUT2D eigenvalue weighted by Gasteiger charge is 2.10. The number of aromatic nitrogens is 5. The van der Waals surface area contributed by atoms with Crippen LogP contribution in [-0.4, -0.2) is 31.4 Å². The van der Waals surface area contributed by atoms with Crippen LogP contribution in [0.1, 0.15) is 0 Å². The maximum atomic E-state index is 4.45. The number of thiazole rings is 1. The van der Waals surface area contributed by atoms with Crippen molar-refractivity contribution >= 4 is 55.9 Å². The molecule has 0 aliphatic carbocycles.